The quantitative estimate of drug-likeness (QED) is 0.551. The largest absolute Gasteiger partial charge is 0.481 e. The third-order valence-electron chi connectivity index (χ3n) is 3.50. The Bertz CT molecular complexity index is 689. The second-order valence-corrected chi connectivity index (χ2v) is 7.07. The van der Waals surface area contributed by atoms with Crippen molar-refractivity contribution in [1.82, 2.24) is 10.0 Å². The van der Waals surface area contributed by atoms with Crippen LogP contribution in [-0.2, 0) is 19.6 Å². The molecule has 8 nitrogen and oxygen atoms in total. The van der Waals surface area contributed by atoms with Crippen molar-refractivity contribution in [3.8, 4) is 0 Å². The van der Waals surface area contributed by atoms with Gasteiger partial charge in [-0.25, -0.2) is 13.1 Å². The van der Waals surface area contributed by atoms with Crippen LogP contribution in [0.15, 0.2) is 29.2 Å². The van der Waals surface area contributed by atoms with E-state index in [1.54, 1.807) is 6.92 Å². The fourth-order valence-electron chi connectivity index (χ4n) is 1.79. The summed E-state index contributed by atoms with van der Waals surface area (Å²) in [6, 6.07) is 4.92. The molecule has 1 rings (SSSR count). The number of carboxylic acids is 1. The lowest BCUT2D eigenvalue weighted by molar-refractivity contribution is -0.141. The van der Waals surface area contributed by atoms with E-state index >= 15 is 0 Å². The summed E-state index contributed by atoms with van der Waals surface area (Å²) in [5, 5.41) is 11.5. The van der Waals surface area contributed by atoms with Crippen molar-refractivity contribution in [3.63, 3.8) is 0 Å². The number of benzene rings is 1. The van der Waals surface area contributed by atoms with Crippen molar-refractivity contribution in [2.24, 2.45) is 5.92 Å². The molecule has 0 spiro atoms. The van der Waals surface area contributed by atoms with Crippen LogP contribution < -0.4 is 10.0 Å². The summed E-state index contributed by atoms with van der Waals surface area (Å²) >= 11 is 0. The van der Waals surface area contributed by atoms with E-state index in [4.69, 9.17) is 9.84 Å². The van der Waals surface area contributed by atoms with Gasteiger partial charge in [-0.2, -0.15) is 0 Å². The van der Waals surface area contributed by atoms with Gasteiger partial charge >= 0.3 is 5.97 Å². The van der Waals surface area contributed by atoms with Crippen LogP contribution in [0, 0.1) is 5.92 Å². The number of hydrogen-bond acceptors (Lipinski definition) is 5. The van der Waals surface area contributed by atoms with Gasteiger partial charge in [0.2, 0.25) is 10.0 Å². The molecule has 0 saturated carbocycles. The number of nitrogens with one attached hydrogen (secondary N) is 2. The molecule has 1 aromatic carbocycles. The number of carboxylic acid groups (broad SMARTS) is 1. The lowest BCUT2D eigenvalue weighted by Crippen LogP contribution is -2.40. The van der Waals surface area contributed by atoms with E-state index in [2.05, 4.69) is 10.0 Å². The number of amides is 1. The average Bonchev–Trinajstić information content (AvgIpc) is 2.54. The van der Waals surface area contributed by atoms with Crippen molar-refractivity contribution < 1.29 is 27.9 Å². The lowest BCUT2D eigenvalue weighted by Gasteiger charge is -2.18. The highest BCUT2D eigenvalue weighted by Crippen LogP contribution is 2.12. The number of methoxy groups -OCH3 is 1. The standard InChI is InChI=1S/C15H22N2O6S/c1-10(15(19)20)11(2)17-14(18)12-5-4-6-13(9-12)24(21,22)16-7-8-23-3/h4-6,9-11,16H,7-8H2,1-3H3,(H,17,18)(H,19,20). The minimum absolute atomic E-state index is 0.0508. The maximum absolute atomic E-state index is 12.2. The van der Waals surface area contributed by atoms with E-state index < -0.39 is 33.9 Å². The van der Waals surface area contributed by atoms with E-state index in [0.29, 0.717) is 0 Å². The molecule has 3 N–H and O–H groups in total. The summed E-state index contributed by atoms with van der Waals surface area (Å²) in [4.78, 5) is 23.1. The molecule has 0 heterocycles. The molecule has 1 amide bonds. The van der Waals surface area contributed by atoms with Crippen LogP contribution >= 0.6 is 0 Å². The van der Waals surface area contributed by atoms with Gasteiger partial charge in [-0.1, -0.05) is 6.07 Å². The fraction of sp³-hybridized carbons (Fsp3) is 0.467. The number of ether oxygens (including phenoxy) is 1. The Morgan fingerprint density at radius 2 is 1.96 bits per heavy atom. The molecule has 134 valence electrons. The predicted molar refractivity (Wildman–Crippen MR) is 87.2 cm³/mol. The highest BCUT2D eigenvalue weighted by atomic mass is 32.2. The molecule has 0 aliphatic heterocycles. The maximum Gasteiger partial charge on any atom is 0.308 e. The van der Waals surface area contributed by atoms with Crippen molar-refractivity contribution in [3.05, 3.63) is 29.8 Å². The molecule has 0 saturated heterocycles. The second kappa shape index (κ2) is 8.76. The van der Waals surface area contributed by atoms with Gasteiger partial charge in [0.25, 0.3) is 5.91 Å². The molecule has 0 aliphatic rings. The van der Waals surface area contributed by atoms with Crippen LogP contribution in [0.4, 0.5) is 0 Å². The van der Waals surface area contributed by atoms with Gasteiger partial charge < -0.3 is 15.2 Å². The SMILES string of the molecule is COCCNS(=O)(=O)c1cccc(C(=O)NC(C)C(C)C(=O)O)c1. The summed E-state index contributed by atoms with van der Waals surface area (Å²) in [5.41, 5.74) is 0.133. The van der Waals surface area contributed by atoms with Gasteiger partial charge in [0.1, 0.15) is 0 Å². The van der Waals surface area contributed by atoms with Gasteiger partial charge in [0.15, 0.2) is 0 Å². The summed E-state index contributed by atoms with van der Waals surface area (Å²) in [7, 11) is -2.29. The molecule has 0 bridgehead atoms. The fourth-order valence-corrected chi connectivity index (χ4v) is 2.85. The molecular weight excluding hydrogens is 336 g/mol. The maximum atomic E-state index is 12.2. The normalized spacial score (nSPS) is 14.0. The molecule has 9 heteroatoms. The lowest BCUT2D eigenvalue weighted by atomic mass is 10.0. The van der Waals surface area contributed by atoms with Gasteiger partial charge in [-0.15, -0.1) is 0 Å². The van der Waals surface area contributed by atoms with Crippen molar-refractivity contribution in [1.29, 1.82) is 0 Å². The Balaban J connectivity index is 2.88. The molecule has 0 aromatic heterocycles. The number of carbonyl (C=O) groups is 2. The highest BCUT2D eigenvalue weighted by Gasteiger charge is 2.22. The predicted octanol–water partition coefficient (Wildman–Crippen LogP) is 0.450. The van der Waals surface area contributed by atoms with Crippen molar-refractivity contribution in [2.75, 3.05) is 20.3 Å². The highest BCUT2D eigenvalue weighted by molar-refractivity contribution is 7.89. The molecule has 1 aromatic rings. The Hall–Kier alpha value is -1.97. The van der Waals surface area contributed by atoms with Crippen LogP contribution in [0.25, 0.3) is 0 Å². The summed E-state index contributed by atoms with van der Waals surface area (Å²) in [6.45, 7) is 3.39. The van der Waals surface area contributed by atoms with Crippen LogP contribution in [0.5, 0.6) is 0 Å². The minimum Gasteiger partial charge on any atom is -0.481 e. The van der Waals surface area contributed by atoms with Gasteiger partial charge in [-0.3, -0.25) is 9.59 Å². The van der Waals surface area contributed by atoms with Crippen LogP contribution in [0.1, 0.15) is 24.2 Å². The zero-order chi connectivity index (χ0) is 18.3. The van der Waals surface area contributed by atoms with E-state index in [1.807, 2.05) is 0 Å². The van der Waals surface area contributed by atoms with Gasteiger partial charge in [0.05, 0.1) is 17.4 Å². The molecule has 2 atom stereocenters. The first-order valence-electron chi connectivity index (χ1n) is 7.31. The van der Waals surface area contributed by atoms with E-state index in [1.165, 1.54) is 38.3 Å². The van der Waals surface area contributed by atoms with Crippen LogP contribution in [-0.4, -0.2) is 51.7 Å². The number of rotatable bonds is 9. The van der Waals surface area contributed by atoms with E-state index in [9.17, 15) is 18.0 Å². The summed E-state index contributed by atoms with van der Waals surface area (Å²) < 4.78 is 31.4. The molecule has 0 radical (unpaired) electrons. The zero-order valence-electron chi connectivity index (χ0n) is 13.8. The topological polar surface area (TPSA) is 122 Å². The first-order valence-corrected chi connectivity index (χ1v) is 8.79. The number of aliphatic carboxylic acids is 1. The van der Waals surface area contributed by atoms with Crippen LogP contribution in [0.2, 0.25) is 0 Å². The molecule has 0 fully saturated rings. The smallest absolute Gasteiger partial charge is 0.308 e. The zero-order valence-corrected chi connectivity index (χ0v) is 14.6. The Labute approximate surface area is 141 Å². The Morgan fingerprint density at radius 1 is 1.29 bits per heavy atom. The first kappa shape index (κ1) is 20.1. The molecule has 0 aliphatic carbocycles. The molecule has 24 heavy (non-hydrogen) atoms. The van der Waals surface area contributed by atoms with Gasteiger partial charge in [-0.05, 0) is 32.0 Å². The third-order valence-corrected chi connectivity index (χ3v) is 4.96. The summed E-state index contributed by atoms with van der Waals surface area (Å²) in [6.07, 6.45) is 0. The van der Waals surface area contributed by atoms with Crippen LogP contribution in [0.3, 0.4) is 0 Å². The molecule has 2 unspecified atom stereocenters. The van der Waals surface area contributed by atoms with E-state index in [0.717, 1.165) is 0 Å². The van der Waals surface area contributed by atoms with Crippen molar-refractivity contribution in [2.45, 2.75) is 24.8 Å². The van der Waals surface area contributed by atoms with E-state index in [-0.39, 0.29) is 23.6 Å². The second-order valence-electron chi connectivity index (χ2n) is 5.31. The average molecular weight is 358 g/mol. The Kier molecular flexibility index (Phi) is 7.33. The first-order chi connectivity index (χ1) is 11.2. The number of hydrogen-bond donors (Lipinski definition) is 3. The number of sulfonamides is 1. The number of carbonyl (C=O) groups excluding carboxylic acids is 1. The minimum atomic E-state index is -3.75. The third kappa shape index (κ3) is 5.59. The monoisotopic (exact) mass is 358 g/mol. The van der Waals surface area contributed by atoms with Crippen molar-refractivity contribution >= 4 is 21.9 Å². The molecular formula is C15H22N2O6S. The Morgan fingerprint density at radius 3 is 2.54 bits per heavy atom. The summed E-state index contributed by atoms with van der Waals surface area (Å²) in [5.74, 6) is -2.33. The van der Waals surface area contributed by atoms with Gasteiger partial charge in [0, 0.05) is 25.3 Å².